The fraction of sp³-hybridized carbons (Fsp3) is 0.500. The molecule has 1 fully saturated rings. The molecule has 158 valence electrons. The molecule has 1 aliphatic rings. The standard InChI is InChI=1S/C22H31N3O3S/c1-18-15-19(2)22(20(3)16-18)29(26,27)25(17-21-5-7-23-8-6-21)10-4-9-24-11-13-28-14-12-24/h5-8,15-16H,4,9-14,17H2,1-3H3. The molecule has 0 atom stereocenters. The summed E-state index contributed by atoms with van der Waals surface area (Å²) >= 11 is 0. The van der Waals surface area contributed by atoms with Crippen LogP contribution in [0.3, 0.4) is 0 Å². The van der Waals surface area contributed by atoms with E-state index >= 15 is 0 Å². The maximum absolute atomic E-state index is 13.6. The number of aromatic nitrogens is 1. The topological polar surface area (TPSA) is 62.7 Å². The first-order valence-electron chi connectivity index (χ1n) is 10.1. The van der Waals surface area contributed by atoms with Crippen molar-refractivity contribution in [3.05, 3.63) is 58.9 Å². The number of sulfonamides is 1. The average Bonchev–Trinajstić information content (AvgIpc) is 2.68. The van der Waals surface area contributed by atoms with Crippen LogP contribution in [0.25, 0.3) is 0 Å². The van der Waals surface area contributed by atoms with Crippen LogP contribution in [0.2, 0.25) is 0 Å². The molecule has 0 radical (unpaired) electrons. The predicted octanol–water partition coefficient (Wildman–Crippen LogP) is 2.92. The van der Waals surface area contributed by atoms with E-state index in [4.69, 9.17) is 4.74 Å². The van der Waals surface area contributed by atoms with Gasteiger partial charge in [0, 0.05) is 38.6 Å². The summed E-state index contributed by atoms with van der Waals surface area (Å²) in [5.41, 5.74) is 3.62. The summed E-state index contributed by atoms with van der Waals surface area (Å²) in [4.78, 5) is 6.82. The van der Waals surface area contributed by atoms with Crippen molar-refractivity contribution >= 4 is 10.0 Å². The SMILES string of the molecule is Cc1cc(C)c(S(=O)(=O)N(CCCN2CCOCC2)Cc2ccncc2)c(C)c1. The highest BCUT2D eigenvalue weighted by Gasteiger charge is 2.28. The molecule has 0 unspecified atom stereocenters. The van der Waals surface area contributed by atoms with E-state index in [1.54, 1.807) is 16.7 Å². The van der Waals surface area contributed by atoms with Gasteiger partial charge in [-0.25, -0.2) is 8.42 Å². The molecule has 1 aromatic carbocycles. The summed E-state index contributed by atoms with van der Waals surface area (Å²) in [5.74, 6) is 0. The first-order valence-corrected chi connectivity index (χ1v) is 11.6. The monoisotopic (exact) mass is 417 g/mol. The molecule has 2 aromatic rings. The fourth-order valence-corrected chi connectivity index (χ4v) is 5.85. The van der Waals surface area contributed by atoms with Crippen molar-refractivity contribution in [2.75, 3.05) is 39.4 Å². The summed E-state index contributed by atoms with van der Waals surface area (Å²) in [5, 5.41) is 0. The van der Waals surface area contributed by atoms with Crippen LogP contribution in [-0.4, -0.2) is 62.0 Å². The normalized spacial score (nSPS) is 15.7. The third-order valence-corrected chi connectivity index (χ3v) is 7.45. The molecule has 0 amide bonds. The molecule has 29 heavy (non-hydrogen) atoms. The summed E-state index contributed by atoms with van der Waals surface area (Å²) in [6.07, 6.45) is 4.20. The number of aryl methyl sites for hydroxylation is 3. The van der Waals surface area contributed by atoms with Gasteiger partial charge >= 0.3 is 0 Å². The Kier molecular flexibility index (Phi) is 7.40. The third kappa shape index (κ3) is 5.63. The van der Waals surface area contributed by atoms with Gasteiger partial charge in [-0.05, 0) is 62.6 Å². The minimum absolute atomic E-state index is 0.348. The number of hydrogen-bond acceptors (Lipinski definition) is 5. The largest absolute Gasteiger partial charge is 0.379 e. The second-order valence-corrected chi connectivity index (χ2v) is 9.60. The van der Waals surface area contributed by atoms with Gasteiger partial charge in [0.2, 0.25) is 10.0 Å². The van der Waals surface area contributed by atoms with E-state index in [0.717, 1.165) is 61.5 Å². The predicted molar refractivity (Wildman–Crippen MR) is 114 cm³/mol. The van der Waals surface area contributed by atoms with Crippen LogP contribution in [0, 0.1) is 20.8 Å². The van der Waals surface area contributed by atoms with Crippen LogP contribution < -0.4 is 0 Å². The Bertz CT molecular complexity index is 887. The minimum atomic E-state index is -3.61. The number of hydrogen-bond donors (Lipinski definition) is 0. The third-order valence-electron chi connectivity index (χ3n) is 5.30. The molecule has 1 saturated heterocycles. The molecule has 1 aromatic heterocycles. The Balaban J connectivity index is 1.83. The Hall–Kier alpha value is -1.80. The summed E-state index contributed by atoms with van der Waals surface area (Å²) < 4.78 is 34.3. The average molecular weight is 418 g/mol. The van der Waals surface area contributed by atoms with Crippen LogP contribution >= 0.6 is 0 Å². The molecule has 0 saturated carbocycles. The lowest BCUT2D eigenvalue weighted by molar-refractivity contribution is 0.0368. The van der Waals surface area contributed by atoms with Gasteiger partial charge in [-0.15, -0.1) is 0 Å². The highest BCUT2D eigenvalue weighted by Crippen LogP contribution is 2.26. The summed E-state index contributed by atoms with van der Waals surface area (Å²) in [6.45, 7) is 10.8. The zero-order valence-electron chi connectivity index (χ0n) is 17.6. The highest BCUT2D eigenvalue weighted by atomic mass is 32.2. The maximum atomic E-state index is 13.6. The number of pyridine rings is 1. The molecule has 0 spiro atoms. The maximum Gasteiger partial charge on any atom is 0.243 e. The van der Waals surface area contributed by atoms with Crippen LogP contribution in [0.15, 0.2) is 41.6 Å². The molecule has 0 N–H and O–H groups in total. The van der Waals surface area contributed by atoms with Crippen molar-refractivity contribution in [3.63, 3.8) is 0 Å². The van der Waals surface area contributed by atoms with Gasteiger partial charge in [0.1, 0.15) is 0 Å². The molecular weight excluding hydrogens is 386 g/mol. The van der Waals surface area contributed by atoms with E-state index in [1.165, 1.54) is 0 Å². The number of morpholine rings is 1. The van der Waals surface area contributed by atoms with Crippen molar-refractivity contribution in [1.29, 1.82) is 0 Å². The zero-order valence-corrected chi connectivity index (χ0v) is 18.4. The van der Waals surface area contributed by atoms with Gasteiger partial charge in [0.05, 0.1) is 18.1 Å². The Morgan fingerprint density at radius 1 is 1.07 bits per heavy atom. The molecule has 6 nitrogen and oxygen atoms in total. The zero-order chi connectivity index (χ0) is 20.9. The Morgan fingerprint density at radius 2 is 1.69 bits per heavy atom. The van der Waals surface area contributed by atoms with E-state index in [9.17, 15) is 8.42 Å². The van der Waals surface area contributed by atoms with Crippen molar-refractivity contribution in [2.45, 2.75) is 38.6 Å². The van der Waals surface area contributed by atoms with Crippen LogP contribution in [0.4, 0.5) is 0 Å². The van der Waals surface area contributed by atoms with Crippen molar-refractivity contribution in [2.24, 2.45) is 0 Å². The van der Waals surface area contributed by atoms with Crippen molar-refractivity contribution in [3.8, 4) is 0 Å². The molecule has 2 heterocycles. The van der Waals surface area contributed by atoms with E-state index in [-0.39, 0.29) is 0 Å². The minimum Gasteiger partial charge on any atom is -0.379 e. The van der Waals surface area contributed by atoms with Crippen LogP contribution in [0.1, 0.15) is 28.7 Å². The van der Waals surface area contributed by atoms with Crippen molar-refractivity contribution in [1.82, 2.24) is 14.2 Å². The lowest BCUT2D eigenvalue weighted by Crippen LogP contribution is -2.39. The quantitative estimate of drug-likeness (QED) is 0.661. The number of rotatable bonds is 8. The van der Waals surface area contributed by atoms with E-state index in [0.29, 0.717) is 18.0 Å². The summed E-state index contributed by atoms with van der Waals surface area (Å²) in [7, 11) is -3.61. The first kappa shape index (κ1) is 21.9. The lowest BCUT2D eigenvalue weighted by Gasteiger charge is -2.28. The molecule has 3 rings (SSSR count). The van der Waals surface area contributed by atoms with Gasteiger partial charge in [0.15, 0.2) is 0 Å². The van der Waals surface area contributed by atoms with Crippen LogP contribution in [-0.2, 0) is 21.3 Å². The highest BCUT2D eigenvalue weighted by molar-refractivity contribution is 7.89. The lowest BCUT2D eigenvalue weighted by atomic mass is 10.1. The van der Waals surface area contributed by atoms with Crippen molar-refractivity contribution < 1.29 is 13.2 Å². The number of nitrogens with zero attached hydrogens (tertiary/aromatic N) is 3. The van der Waals surface area contributed by atoms with Gasteiger partial charge < -0.3 is 4.74 Å². The number of benzene rings is 1. The van der Waals surface area contributed by atoms with Crippen LogP contribution in [0.5, 0.6) is 0 Å². The van der Waals surface area contributed by atoms with Gasteiger partial charge in [0.25, 0.3) is 0 Å². The second-order valence-electron chi connectivity index (χ2n) is 7.73. The number of ether oxygens (including phenoxy) is 1. The fourth-order valence-electron chi connectivity index (χ4n) is 3.97. The molecule has 7 heteroatoms. The van der Waals surface area contributed by atoms with Gasteiger partial charge in [-0.3, -0.25) is 9.88 Å². The molecule has 0 bridgehead atoms. The molecular formula is C22H31N3O3S. The Morgan fingerprint density at radius 3 is 2.31 bits per heavy atom. The Labute approximate surface area is 174 Å². The second kappa shape index (κ2) is 9.80. The molecule has 1 aliphatic heterocycles. The first-order chi connectivity index (χ1) is 13.9. The smallest absolute Gasteiger partial charge is 0.243 e. The van der Waals surface area contributed by atoms with Gasteiger partial charge in [-0.2, -0.15) is 4.31 Å². The van der Waals surface area contributed by atoms with E-state index < -0.39 is 10.0 Å². The molecule has 0 aliphatic carbocycles. The van der Waals surface area contributed by atoms with E-state index in [1.807, 2.05) is 45.0 Å². The summed E-state index contributed by atoms with van der Waals surface area (Å²) in [6, 6.07) is 7.63. The van der Waals surface area contributed by atoms with Gasteiger partial charge in [-0.1, -0.05) is 17.7 Å². The van der Waals surface area contributed by atoms with E-state index in [2.05, 4.69) is 9.88 Å².